The van der Waals surface area contributed by atoms with Crippen LogP contribution in [0.2, 0.25) is 109 Å². The molecule has 0 fully saturated rings. The fraction of sp³-hybridized carbons (Fsp3) is 1.00. The Morgan fingerprint density at radius 1 is 0.441 bits per heavy atom. The maximum absolute atomic E-state index is 2.58. The molecule has 0 unspecified atom stereocenters. The van der Waals surface area contributed by atoms with Crippen LogP contribution in [-0.2, 0) is 0 Å². The van der Waals surface area contributed by atoms with Crippen molar-refractivity contribution in [2.45, 2.75) is 109 Å². The summed E-state index contributed by atoms with van der Waals surface area (Å²) in [5.74, 6) is 0. The first-order valence-electron chi connectivity index (χ1n) is 16.2. The lowest BCUT2D eigenvalue weighted by Crippen LogP contribution is -2.77. The Morgan fingerprint density at radius 3 is 0.941 bits per heavy atom. The molecule has 0 N–H and O–H groups in total. The standard InChI is InChI=1S/C17H53B17/c1-18-14(19-2)31(28-11)17(26-9,27-10)34(32(29-12)15(20-3,21-4)22-5)33(30-13)16(23-6,24-7)25-8/h14,18-30H,1-13H3. The molecule has 0 aromatic rings. The molecule has 0 aliphatic carbocycles. The molecule has 0 spiro atoms. The maximum atomic E-state index is 2.58. The van der Waals surface area contributed by atoms with E-state index in [1.807, 2.05) is 0 Å². The Bertz CT molecular complexity index is 476. The minimum absolute atomic E-state index is 0.447. The van der Waals surface area contributed by atoms with Crippen molar-refractivity contribution in [2.24, 2.45) is 0 Å². The van der Waals surface area contributed by atoms with Crippen molar-refractivity contribution in [1.29, 1.82) is 0 Å². The van der Waals surface area contributed by atoms with Crippen molar-refractivity contribution >= 4 is 120 Å². The molecule has 17 heteroatoms. The third-order valence-corrected chi connectivity index (χ3v) is 12.3. The minimum Gasteiger partial charge on any atom is -0.140 e. The number of hydrogen-bond donors (Lipinski definition) is 0. The van der Waals surface area contributed by atoms with E-state index >= 15 is 0 Å². The zero-order chi connectivity index (χ0) is 26.6. The van der Waals surface area contributed by atoms with Gasteiger partial charge in [0.25, 0.3) is 0 Å². The Balaban J connectivity index is 7.56. The van der Waals surface area contributed by atoms with Gasteiger partial charge in [0.15, 0.2) is 0 Å². The molecular weight excluding hydrogens is 388 g/mol. The van der Waals surface area contributed by atoms with E-state index in [2.05, 4.69) is 88.7 Å². The van der Waals surface area contributed by atoms with E-state index in [0.29, 0.717) is 15.0 Å². The molecule has 172 valence electrons. The van der Waals surface area contributed by atoms with Crippen molar-refractivity contribution in [3.63, 3.8) is 0 Å². The molecule has 0 saturated heterocycles. The molecule has 0 nitrogen and oxygen atoms in total. The summed E-state index contributed by atoms with van der Waals surface area (Å²) in [6.07, 6.45) is 0. The summed E-state index contributed by atoms with van der Waals surface area (Å²) in [6, 6.07) is 0. The predicted octanol–water partition coefficient (Wildman–Crippen LogP) is -1.38. The van der Waals surface area contributed by atoms with Gasteiger partial charge < -0.3 is 0 Å². The van der Waals surface area contributed by atoms with Crippen LogP contribution in [0.4, 0.5) is 0 Å². The zero-order valence-corrected chi connectivity index (χ0v) is 26.6. The molecule has 34 heavy (non-hydrogen) atoms. The molecule has 0 saturated carbocycles. The molecule has 0 rings (SSSR count). The Hall–Kier alpha value is 1.10. The van der Waals surface area contributed by atoms with E-state index in [1.54, 1.807) is 0 Å². The Kier molecular flexibility index (Phi) is 17.4. The number of hydrogen-bond acceptors (Lipinski definition) is 0. The summed E-state index contributed by atoms with van der Waals surface area (Å²) in [6.45, 7) is 36.1. The second-order valence-electron chi connectivity index (χ2n) is 11.9. The summed E-state index contributed by atoms with van der Waals surface area (Å²) in [5.41, 5.74) is 0.862. The second-order valence-corrected chi connectivity index (χ2v) is 11.9. The highest BCUT2D eigenvalue weighted by atomic mass is 13.9. The van der Waals surface area contributed by atoms with Crippen LogP contribution in [-0.4, -0.2) is 120 Å². The lowest BCUT2D eigenvalue weighted by molar-refractivity contribution is 1.43. The first-order chi connectivity index (χ1) is 16.2. The Morgan fingerprint density at radius 2 is 0.765 bits per heavy atom. The van der Waals surface area contributed by atoms with Gasteiger partial charge in [-0.25, -0.2) is 0 Å². The van der Waals surface area contributed by atoms with Crippen LogP contribution in [0, 0.1) is 0 Å². The second kappa shape index (κ2) is 16.8. The fourth-order valence-electron chi connectivity index (χ4n) is 9.85. The first-order valence-corrected chi connectivity index (χ1v) is 16.2. The third kappa shape index (κ3) is 6.75. The maximum Gasteiger partial charge on any atom is 0.104 e. The van der Waals surface area contributed by atoms with Gasteiger partial charge in [-0.1, -0.05) is 88.7 Å². The quantitative estimate of drug-likeness (QED) is 0.205. The highest BCUT2D eigenvalue weighted by molar-refractivity contribution is 7.78. The molecule has 0 aromatic carbocycles. The van der Waals surface area contributed by atoms with Crippen molar-refractivity contribution in [3.05, 3.63) is 0 Å². The van der Waals surface area contributed by atoms with Crippen LogP contribution in [0.15, 0.2) is 0 Å². The molecular formula is C17H53B17. The SMILES string of the molecule is CBB(B(B(BC)C(BC)(BC)BC)C(BC)(BC)B(BC)C(BC)BC)C(BC)(BC)BC. The average Bonchev–Trinajstić information content (AvgIpc) is 2.89. The van der Waals surface area contributed by atoms with Crippen LogP contribution >= 0.6 is 0 Å². The van der Waals surface area contributed by atoms with Crippen LogP contribution in [0.5, 0.6) is 0 Å². The van der Waals surface area contributed by atoms with Gasteiger partial charge in [-0.2, -0.15) is 0 Å². The average molecular weight is 441 g/mol. The van der Waals surface area contributed by atoms with Gasteiger partial charge in [-0.05, 0) is 0 Å². The number of rotatable bonds is 20. The van der Waals surface area contributed by atoms with Crippen molar-refractivity contribution in [3.8, 4) is 0 Å². The van der Waals surface area contributed by atoms with Gasteiger partial charge in [-0.15, -0.1) is 20.7 Å². The topological polar surface area (TPSA) is 0 Å². The van der Waals surface area contributed by atoms with E-state index in [-0.39, 0.29) is 0 Å². The van der Waals surface area contributed by atoms with E-state index in [9.17, 15) is 0 Å². The van der Waals surface area contributed by atoms with Gasteiger partial charge in [0, 0.05) is 19.5 Å². The summed E-state index contributed by atoms with van der Waals surface area (Å²) < 4.78 is 0. The predicted molar refractivity (Wildman–Crippen MR) is 204 cm³/mol. The molecule has 0 atom stereocenters. The van der Waals surface area contributed by atoms with Gasteiger partial charge in [-0.3, -0.25) is 0 Å². The third-order valence-electron chi connectivity index (χ3n) is 12.3. The lowest BCUT2D eigenvalue weighted by atomic mass is 8.57. The monoisotopic (exact) mass is 445 g/mol. The van der Waals surface area contributed by atoms with Gasteiger partial charge in [0.05, 0.1) is 86.4 Å². The van der Waals surface area contributed by atoms with E-state index < -0.39 is 0 Å². The zero-order valence-electron chi connectivity index (χ0n) is 26.6. The smallest absolute Gasteiger partial charge is 0.104 e. The first kappa shape index (κ1) is 35.1. The summed E-state index contributed by atoms with van der Waals surface area (Å²) in [4.78, 5) is 0. The van der Waals surface area contributed by atoms with Crippen molar-refractivity contribution in [1.82, 2.24) is 0 Å². The fourth-order valence-corrected chi connectivity index (χ4v) is 9.85. The summed E-state index contributed by atoms with van der Waals surface area (Å²) in [5, 5.41) is 1.41. The van der Waals surface area contributed by atoms with Gasteiger partial charge in [0.1, 0.15) is 14.6 Å². The molecule has 0 radical (unpaired) electrons. The highest BCUT2D eigenvalue weighted by Gasteiger charge is 2.59. The Labute approximate surface area is 229 Å². The molecule has 0 aromatic heterocycles. The van der Waals surface area contributed by atoms with E-state index in [1.165, 1.54) is 94.3 Å². The van der Waals surface area contributed by atoms with E-state index in [0.717, 1.165) is 31.7 Å². The van der Waals surface area contributed by atoms with Gasteiger partial charge >= 0.3 is 0 Å². The molecule has 0 bridgehead atoms. The highest BCUT2D eigenvalue weighted by Crippen LogP contribution is 2.45. The van der Waals surface area contributed by atoms with Crippen LogP contribution in [0.3, 0.4) is 0 Å². The minimum atomic E-state index is 0.447. The van der Waals surface area contributed by atoms with E-state index in [4.69, 9.17) is 0 Å². The molecule has 0 aliphatic heterocycles. The molecule has 0 heterocycles. The van der Waals surface area contributed by atoms with Crippen molar-refractivity contribution < 1.29 is 0 Å². The van der Waals surface area contributed by atoms with Gasteiger partial charge in [0.2, 0.25) is 0 Å². The van der Waals surface area contributed by atoms with Crippen LogP contribution in [0.25, 0.3) is 0 Å². The normalized spacial score (nSPS) is 11.4. The lowest BCUT2D eigenvalue weighted by Gasteiger charge is -2.58. The van der Waals surface area contributed by atoms with Crippen molar-refractivity contribution in [2.75, 3.05) is 0 Å². The molecule has 0 amide bonds. The molecule has 0 aliphatic rings. The summed E-state index contributed by atoms with van der Waals surface area (Å²) in [7, 11) is 17.5. The summed E-state index contributed by atoms with van der Waals surface area (Å²) >= 11 is 0. The largest absolute Gasteiger partial charge is 0.140 e. The van der Waals surface area contributed by atoms with Crippen LogP contribution in [0.1, 0.15) is 0 Å². The van der Waals surface area contributed by atoms with Crippen LogP contribution < -0.4 is 0 Å².